The Morgan fingerprint density at radius 3 is 2.78 bits per heavy atom. The van der Waals surface area contributed by atoms with Crippen LogP contribution >= 0.6 is 11.3 Å². The van der Waals surface area contributed by atoms with Gasteiger partial charge in [0.05, 0.1) is 5.01 Å². The number of aliphatic carboxylic acids is 1. The number of hydrogen-bond acceptors (Lipinski definition) is 4. The Bertz CT molecular complexity index is 394. The van der Waals surface area contributed by atoms with Gasteiger partial charge in [0.25, 0.3) is 0 Å². The Morgan fingerprint density at radius 2 is 2.28 bits per heavy atom. The van der Waals surface area contributed by atoms with Crippen LogP contribution in [0.4, 0.5) is 4.79 Å². The summed E-state index contributed by atoms with van der Waals surface area (Å²) in [5.41, 5.74) is 0. The number of urea groups is 1. The van der Waals surface area contributed by atoms with Crippen LogP contribution in [0.3, 0.4) is 0 Å². The molecule has 0 saturated carbocycles. The summed E-state index contributed by atoms with van der Waals surface area (Å²) >= 11 is 1.53. The van der Waals surface area contributed by atoms with Gasteiger partial charge in [0.2, 0.25) is 0 Å². The Labute approximate surface area is 109 Å². The molecular weight excluding hydrogens is 254 g/mol. The maximum atomic E-state index is 11.5. The van der Waals surface area contributed by atoms with Crippen molar-refractivity contribution in [3.05, 3.63) is 16.6 Å². The molecule has 1 heterocycles. The average molecular weight is 271 g/mol. The van der Waals surface area contributed by atoms with Gasteiger partial charge in [-0.3, -0.25) is 0 Å². The Morgan fingerprint density at radius 1 is 1.56 bits per heavy atom. The van der Waals surface area contributed by atoms with Gasteiger partial charge < -0.3 is 15.7 Å². The predicted molar refractivity (Wildman–Crippen MR) is 68.8 cm³/mol. The van der Waals surface area contributed by atoms with Crippen molar-refractivity contribution in [1.29, 1.82) is 0 Å². The van der Waals surface area contributed by atoms with Crippen LogP contribution in [0.2, 0.25) is 0 Å². The number of nitrogens with zero attached hydrogens (tertiary/aromatic N) is 1. The number of carbonyl (C=O) groups excluding carboxylic acids is 1. The average Bonchev–Trinajstić information content (AvgIpc) is 2.86. The van der Waals surface area contributed by atoms with E-state index in [1.54, 1.807) is 13.1 Å². The molecule has 18 heavy (non-hydrogen) atoms. The van der Waals surface area contributed by atoms with Crippen LogP contribution in [0.15, 0.2) is 11.6 Å². The van der Waals surface area contributed by atoms with E-state index in [1.807, 2.05) is 12.3 Å². The highest BCUT2D eigenvalue weighted by molar-refractivity contribution is 7.09. The highest BCUT2D eigenvalue weighted by atomic mass is 32.1. The van der Waals surface area contributed by atoms with Crippen molar-refractivity contribution < 1.29 is 14.7 Å². The van der Waals surface area contributed by atoms with Crippen molar-refractivity contribution in [2.24, 2.45) is 0 Å². The van der Waals surface area contributed by atoms with Gasteiger partial charge in [0.15, 0.2) is 0 Å². The van der Waals surface area contributed by atoms with Gasteiger partial charge in [0.1, 0.15) is 6.04 Å². The van der Waals surface area contributed by atoms with E-state index < -0.39 is 18.0 Å². The summed E-state index contributed by atoms with van der Waals surface area (Å²) < 4.78 is 0. The van der Waals surface area contributed by atoms with Gasteiger partial charge in [-0.2, -0.15) is 0 Å². The van der Waals surface area contributed by atoms with E-state index in [9.17, 15) is 9.59 Å². The second-order valence-corrected chi connectivity index (χ2v) is 4.85. The van der Waals surface area contributed by atoms with Crippen molar-refractivity contribution >= 4 is 23.3 Å². The molecule has 100 valence electrons. The normalized spacial score (nSPS) is 13.7. The van der Waals surface area contributed by atoms with Crippen LogP contribution in [0.5, 0.6) is 0 Å². The van der Waals surface area contributed by atoms with E-state index >= 15 is 0 Å². The minimum atomic E-state index is -1.03. The van der Waals surface area contributed by atoms with Crippen LogP contribution in [0.25, 0.3) is 0 Å². The zero-order valence-corrected chi connectivity index (χ0v) is 11.2. The first kappa shape index (κ1) is 14.4. The third-order valence-electron chi connectivity index (χ3n) is 2.45. The Hall–Kier alpha value is -1.63. The van der Waals surface area contributed by atoms with Gasteiger partial charge in [-0.05, 0) is 6.42 Å². The molecule has 0 aromatic carbocycles. The molecule has 0 spiro atoms. The first-order valence-corrected chi connectivity index (χ1v) is 6.59. The zero-order valence-electron chi connectivity index (χ0n) is 10.3. The van der Waals surface area contributed by atoms with E-state index in [2.05, 4.69) is 15.6 Å². The van der Waals surface area contributed by atoms with Crippen molar-refractivity contribution in [3.8, 4) is 0 Å². The van der Waals surface area contributed by atoms with Gasteiger partial charge in [-0.25, -0.2) is 14.6 Å². The van der Waals surface area contributed by atoms with E-state index in [0.717, 1.165) is 5.01 Å². The molecule has 2 atom stereocenters. The summed E-state index contributed by atoms with van der Waals surface area (Å²) in [6.45, 7) is 4.08. The summed E-state index contributed by atoms with van der Waals surface area (Å²) in [5.74, 6) is -0.915. The van der Waals surface area contributed by atoms with Gasteiger partial charge in [0, 0.05) is 24.0 Å². The molecule has 1 aromatic rings. The lowest BCUT2D eigenvalue weighted by Gasteiger charge is -2.14. The molecule has 6 nitrogen and oxygen atoms in total. The molecular formula is C11H17N3O3S. The smallest absolute Gasteiger partial charge is 0.326 e. The number of carboxylic acids is 1. The quantitative estimate of drug-likeness (QED) is 0.729. The van der Waals surface area contributed by atoms with Crippen molar-refractivity contribution in [2.45, 2.75) is 32.2 Å². The van der Waals surface area contributed by atoms with Crippen molar-refractivity contribution in [2.75, 3.05) is 6.54 Å². The molecule has 0 aliphatic heterocycles. The van der Waals surface area contributed by atoms with Crippen LogP contribution in [-0.2, 0) is 4.79 Å². The SMILES string of the molecule is CCC(NC(=O)NCC(C)c1nccs1)C(=O)O. The third-order valence-corrected chi connectivity index (χ3v) is 3.46. The topological polar surface area (TPSA) is 91.3 Å². The fourth-order valence-electron chi connectivity index (χ4n) is 1.36. The van der Waals surface area contributed by atoms with Gasteiger partial charge >= 0.3 is 12.0 Å². The lowest BCUT2D eigenvalue weighted by atomic mass is 10.2. The summed E-state index contributed by atoms with van der Waals surface area (Å²) in [6, 6.07) is -1.31. The second kappa shape index (κ2) is 6.95. The molecule has 0 fully saturated rings. The summed E-state index contributed by atoms with van der Waals surface area (Å²) in [5, 5.41) is 16.7. The van der Waals surface area contributed by atoms with Crippen LogP contribution in [0.1, 0.15) is 31.2 Å². The predicted octanol–water partition coefficient (Wildman–Crippen LogP) is 1.41. The van der Waals surface area contributed by atoms with Crippen LogP contribution in [0, 0.1) is 0 Å². The van der Waals surface area contributed by atoms with Gasteiger partial charge in [-0.1, -0.05) is 13.8 Å². The standard InChI is InChI=1S/C11H17N3O3S/c1-3-8(10(15)16)14-11(17)13-6-7(2)9-12-4-5-18-9/h4-5,7-8H,3,6H2,1-2H3,(H,15,16)(H2,13,14,17). The zero-order chi connectivity index (χ0) is 13.5. The molecule has 0 bridgehead atoms. The molecule has 0 radical (unpaired) electrons. The highest BCUT2D eigenvalue weighted by Gasteiger charge is 2.17. The Kier molecular flexibility index (Phi) is 5.57. The molecule has 0 saturated heterocycles. The Balaban J connectivity index is 2.35. The first-order chi connectivity index (χ1) is 8.54. The number of nitrogens with one attached hydrogen (secondary N) is 2. The third kappa shape index (κ3) is 4.33. The fourth-order valence-corrected chi connectivity index (χ4v) is 2.06. The number of hydrogen-bond donors (Lipinski definition) is 3. The second-order valence-electron chi connectivity index (χ2n) is 3.92. The lowest BCUT2D eigenvalue weighted by Crippen LogP contribution is -2.46. The lowest BCUT2D eigenvalue weighted by molar-refractivity contribution is -0.139. The molecule has 0 aliphatic carbocycles. The molecule has 0 aliphatic rings. The highest BCUT2D eigenvalue weighted by Crippen LogP contribution is 2.16. The summed E-state index contributed by atoms with van der Waals surface area (Å²) in [7, 11) is 0. The maximum Gasteiger partial charge on any atom is 0.326 e. The molecule has 1 rings (SSSR count). The van der Waals surface area contributed by atoms with E-state index in [1.165, 1.54) is 11.3 Å². The number of thiazole rings is 1. The largest absolute Gasteiger partial charge is 0.480 e. The van der Waals surface area contributed by atoms with Crippen molar-refractivity contribution in [3.63, 3.8) is 0 Å². The number of aromatic nitrogens is 1. The molecule has 1 aromatic heterocycles. The minimum Gasteiger partial charge on any atom is -0.480 e. The monoisotopic (exact) mass is 271 g/mol. The van der Waals surface area contributed by atoms with Crippen LogP contribution in [-0.4, -0.2) is 34.7 Å². The number of amides is 2. The number of carbonyl (C=O) groups is 2. The van der Waals surface area contributed by atoms with E-state index in [4.69, 9.17) is 5.11 Å². The molecule has 7 heteroatoms. The summed E-state index contributed by atoms with van der Waals surface area (Å²) in [6.07, 6.45) is 2.07. The van der Waals surface area contributed by atoms with E-state index in [-0.39, 0.29) is 5.92 Å². The molecule has 3 N–H and O–H groups in total. The van der Waals surface area contributed by atoms with Crippen LogP contribution < -0.4 is 10.6 Å². The van der Waals surface area contributed by atoms with Crippen molar-refractivity contribution in [1.82, 2.24) is 15.6 Å². The minimum absolute atomic E-state index is 0.112. The number of carboxylic acid groups (broad SMARTS) is 1. The number of rotatable bonds is 6. The fraction of sp³-hybridized carbons (Fsp3) is 0.545. The van der Waals surface area contributed by atoms with E-state index in [0.29, 0.717) is 13.0 Å². The molecule has 2 unspecified atom stereocenters. The maximum absolute atomic E-state index is 11.5. The summed E-state index contributed by atoms with van der Waals surface area (Å²) in [4.78, 5) is 26.4. The molecule has 2 amide bonds. The van der Waals surface area contributed by atoms with Gasteiger partial charge in [-0.15, -0.1) is 11.3 Å². The first-order valence-electron chi connectivity index (χ1n) is 5.71.